The van der Waals surface area contributed by atoms with Crippen molar-refractivity contribution in [2.45, 2.75) is 0 Å². The Labute approximate surface area is 254 Å². The summed E-state index contributed by atoms with van der Waals surface area (Å²) in [6.07, 6.45) is 1.92. The van der Waals surface area contributed by atoms with Crippen molar-refractivity contribution < 1.29 is 4.42 Å². The molecule has 0 amide bonds. The van der Waals surface area contributed by atoms with Gasteiger partial charge in [0.15, 0.2) is 0 Å². The highest BCUT2D eigenvalue weighted by Crippen LogP contribution is 2.41. The van der Waals surface area contributed by atoms with Crippen LogP contribution in [0.1, 0.15) is 0 Å². The summed E-state index contributed by atoms with van der Waals surface area (Å²) in [5.74, 6) is 0. The number of para-hydroxylation sites is 1. The molecule has 9 rings (SSSR count). The van der Waals surface area contributed by atoms with Gasteiger partial charge in [0, 0.05) is 16.8 Å². The quantitative estimate of drug-likeness (QED) is 0.200. The largest absolute Gasteiger partial charge is 0.438 e. The molecule has 3 heteroatoms. The lowest BCUT2D eigenvalue weighted by Gasteiger charge is -2.26. The molecule has 9 aromatic rings. The molecular formula is C41H26N2O. The van der Waals surface area contributed by atoms with Crippen molar-refractivity contribution in [1.29, 1.82) is 0 Å². The molecule has 0 aliphatic rings. The molecule has 0 atom stereocenters. The average molecular weight is 563 g/mol. The Hall–Kier alpha value is -5.93. The smallest absolute Gasteiger partial charge is 0.227 e. The lowest BCUT2D eigenvalue weighted by molar-refractivity contribution is 0.654. The van der Waals surface area contributed by atoms with Crippen molar-refractivity contribution in [1.82, 2.24) is 4.98 Å². The van der Waals surface area contributed by atoms with Crippen molar-refractivity contribution in [3.63, 3.8) is 0 Å². The van der Waals surface area contributed by atoms with E-state index in [4.69, 9.17) is 9.40 Å². The van der Waals surface area contributed by atoms with Gasteiger partial charge >= 0.3 is 0 Å². The molecule has 0 radical (unpaired) electrons. The maximum absolute atomic E-state index is 6.08. The Kier molecular flexibility index (Phi) is 5.50. The minimum Gasteiger partial charge on any atom is -0.438 e. The van der Waals surface area contributed by atoms with E-state index >= 15 is 0 Å². The topological polar surface area (TPSA) is 29.3 Å². The van der Waals surface area contributed by atoms with Crippen molar-refractivity contribution in [3.05, 3.63) is 158 Å². The number of aromatic nitrogens is 1. The zero-order chi connectivity index (χ0) is 29.0. The first-order valence-electron chi connectivity index (χ1n) is 14.9. The van der Waals surface area contributed by atoms with Crippen LogP contribution in [-0.2, 0) is 0 Å². The Bertz CT molecular complexity index is 2490. The van der Waals surface area contributed by atoms with Crippen LogP contribution in [0.4, 0.5) is 17.1 Å². The molecule has 206 valence electrons. The lowest BCUT2D eigenvalue weighted by atomic mass is 9.96. The van der Waals surface area contributed by atoms with Gasteiger partial charge in [-0.3, -0.25) is 0 Å². The maximum atomic E-state index is 6.08. The van der Waals surface area contributed by atoms with Crippen LogP contribution in [0, 0.1) is 0 Å². The van der Waals surface area contributed by atoms with Crippen molar-refractivity contribution in [2.75, 3.05) is 4.90 Å². The second kappa shape index (κ2) is 9.82. The SMILES string of the molecule is c1ccc(-c2ccc(N(c3cnc4oc5ccccc5c4c3)c3ccc4ccc5ccc6ccccc6c5c4c3)cc2)cc1. The molecule has 0 unspecified atom stereocenters. The molecule has 2 heterocycles. The number of rotatable bonds is 4. The van der Waals surface area contributed by atoms with Gasteiger partial charge in [0.25, 0.3) is 0 Å². The van der Waals surface area contributed by atoms with Gasteiger partial charge in [-0.2, -0.15) is 0 Å². The highest BCUT2D eigenvalue weighted by Gasteiger charge is 2.18. The van der Waals surface area contributed by atoms with Crippen molar-refractivity contribution >= 4 is 71.4 Å². The molecule has 44 heavy (non-hydrogen) atoms. The third kappa shape index (κ3) is 3.94. The third-order valence-electron chi connectivity index (χ3n) is 8.68. The van der Waals surface area contributed by atoms with E-state index in [1.807, 2.05) is 24.4 Å². The Morgan fingerprint density at radius 1 is 0.432 bits per heavy atom. The molecule has 0 bridgehead atoms. The van der Waals surface area contributed by atoms with Crippen LogP contribution in [0.25, 0.3) is 65.5 Å². The van der Waals surface area contributed by atoms with Crippen LogP contribution in [0.2, 0.25) is 0 Å². The fourth-order valence-electron chi connectivity index (χ4n) is 6.55. The van der Waals surface area contributed by atoms with Gasteiger partial charge in [-0.25, -0.2) is 4.98 Å². The van der Waals surface area contributed by atoms with Crippen molar-refractivity contribution in [2.24, 2.45) is 0 Å². The fourth-order valence-corrected chi connectivity index (χ4v) is 6.55. The summed E-state index contributed by atoms with van der Waals surface area (Å²) < 4.78 is 6.08. The second-order valence-electron chi connectivity index (χ2n) is 11.2. The third-order valence-corrected chi connectivity index (χ3v) is 8.68. The average Bonchev–Trinajstić information content (AvgIpc) is 3.47. The van der Waals surface area contributed by atoms with E-state index in [0.29, 0.717) is 5.71 Å². The number of furan rings is 1. The number of pyridine rings is 1. The monoisotopic (exact) mass is 562 g/mol. The first-order valence-corrected chi connectivity index (χ1v) is 14.9. The molecule has 0 saturated heterocycles. The Morgan fingerprint density at radius 3 is 1.89 bits per heavy atom. The highest BCUT2D eigenvalue weighted by atomic mass is 16.3. The van der Waals surface area contributed by atoms with Gasteiger partial charge in [0.05, 0.1) is 17.3 Å². The predicted octanol–water partition coefficient (Wildman–Crippen LogP) is 11.6. The predicted molar refractivity (Wildman–Crippen MR) is 184 cm³/mol. The molecule has 0 aliphatic carbocycles. The molecule has 2 aromatic heterocycles. The van der Waals surface area contributed by atoms with Crippen LogP contribution in [0.15, 0.2) is 162 Å². The molecule has 0 saturated carbocycles. The Morgan fingerprint density at radius 2 is 1.05 bits per heavy atom. The number of hydrogen-bond donors (Lipinski definition) is 0. The molecular weight excluding hydrogens is 536 g/mol. The Balaban J connectivity index is 1.29. The van der Waals surface area contributed by atoms with E-state index in [-0.39, 0.29) is 0 Å². The van der Waals surface area contributed by atoms with E-state index in [2.05, 4.69) is 138 Å². The van der Waals surface area contributed by atoms with Gasteiger partial charge in [0.1, 0.15) is 5.58 Å². The van der Waals surface area contributed by atoms with E-state index in [1.54, 1.807) is 0 Å². The van der Waals surface area contributed by atoms with Crippen LogP contribution in [0.5, 0.6) is 0 Å². The number of benzene rings is 7. The van der Waals surface area contributed by atoms with Gasteiger partial charge in [-0.15, -0.1) is 0 Å². The minimum atomic E-state index is 0.644. The number of hydrogen-bond acceptors (Lipinski definition) is 3. The van der Waals surface area contributed by atoms with Gasteiger partial charge in [-0.05, 0) is 79.8 Å². The summed E-state index contributed by atoms with van der Waals surface area (Å²) in [4.78, 5) is 7.10. The first kappa shape index (κ1) is 24.6. The van der Waals surface area contributed by atoms with Crippen LogP contribution < -0.4 is 4.90 Å². The molecule has 0 spiro atoms. The fraction of sp³-hybridized carbons (Fsp3) is 0. The number of nitrogens with zero attached hydrogens (tertiary/aromatic N) is 2. The minimum absolute atomic E-state index is 0.644. The zero-order valence-electron chi connectivity index (χ0n) is 23.8. The highest BCUT2D eigenvalue weighted by molar-refractivity contribution is 6.20. The van der Waals surface area contributed by atoms with Crippen LogP contribution in [-0.4, -0.2) is 4.98 Å². The van der Waals surface area contributed by atoms with Gasteiger partial charge in [-0.1, -0.05) is 115 Å². The van der Waals surface area contributed by atoms with E-state index in [0.717, 1.165) is 33.4 Å². The summed E-state index contributed by atoms with van der Waals surface area (Å²) in [5.41, 5.74) is 6.96. The van der Waals surface area contributed by atoms with E-state index < -0.39 is 0 Å². The molecule has 7 aromatic carbocycles. The molecule has 0 fully saturated rings. The summed E-state index contributed by atoms with van der Waals surface area (Å²) in [7, 11) is 0. The maximum Gasteiger partial charge on any atom is 0.227 e. The summed E-state index contributed by atoms with van der Waals surface area (Å²) in [5, 5.41) is 9.52. The molecule has 0 N–H and O–H groups in total. The number of fused-ring (bicyclic) bond motifs is 8. The molecule has 3 nitrogen and oxygen atoms in total. The van der Waals surface area contributed by atoms with Gasteiger partial charge < -0.3 is 9.32 Å². The standard InChI is InChI=1S/C41H26N2O/c1-2-8-27(9-3-1)28-18-21-32(22-19-28)43(34-25-38-36-12-6-7-13-39(36)44-41(38)42-26-34)33-23-20-30-15-17-31-16-14-29-10-4-5-11-35(29)40(31)37(30)24-33/h1-26H. The van der Waals surface area contributed by atoms with Crippen molar-refractivity contribution in [3.8, 4) is 11.1 Å². The van der Waals surface area contributed by atoms with Gasteiger partial charge in [0.2, 0.25) is 5.71 Å². The van der Waals surface area contributed by atoms with E-state index in [9.17, 15) is 0 Å². The summed E-state index contributed by atoms with van der Waals surface area (Å²) in [6, 6.07) is 53.9. The summed E-state index contributed by atoms with van der Waals surface area (Å²) >= 11 is 0. The van der Waals surface area contributed by atoms with E-state index in [1.165, 1.54) is 43.4 Å². The summed E-state index contributed by atoms with van der Waals surface area (Å²) in [6.45, 7) is 0. The normalized spacial score (nSPS) is 11.6. The van der Waals surface area contributed by atoms with Crippen LogP contribution in [0.3, 0.4) is 0 Å². The first-order chi connectivity index (χ1) is 21.8. The zero-order valence-corrected chi connectivity index (χ0v) is 23.8. The molecule has 0 aliphatic heterocycles. The van der Waals surface area contributed by atoms with Crippen LogP contribution >= 0.6 is 0 Å². The second-order valence-corrected chi connectivity index (χ2v) is 11.2. The lowest BCUT2D eigenvalue weighted by Crippen LogP contribution is -2.10. The number of anilines is 3.